The number of nitrogens with zero attached hydrogens (tertiary/aromatic N) is 2. The number of likely N-dealkylation sites (N-methyl/N-ethyl adjacent to an activating group) is 1. The van der Waals surface area contributed by atoms with Crippen LogP contribution in [0.3, 0.4) is 0 Å². The Labute approximate surface area is 231 Å². The third kappa shape index (κ3) is 4.18. The van der Waals surface area contributed by atoms with Crippen molar-refractivity contribution in [3.63, 3.8) is 0 Å². The van der Waals surface area contributed by atoms with Crippen LogP contribution < -0.4 is 19.7 Å². The van der Waals surface area contributed by atoms with E-state index in [1.54, 1.807) is 24.0 Å². The van der Waals surface area contributed by atoms with Crippen LogP contribution in [0.15, 0.2) is 72.8 Å². The lowest BCUT2D eigenvalue weighted by atomic mass is 9.82. The van der Waals surface area contributed by atoms with Crippen LogP contribution >= 0.6 is 0 Å². The van der Waals surface area contributed by atoms with Crippen molar-refractivity contribution in [1.29, 1.82) is 0 Å². The van der Waals surface area contributed by atoms with Crippen molar-refractivity contribution in [2.45, 2.75) is 43.7 Å². The van der Waals surface area contributed by atoms with Crippen LogP contribution in [0.2, 0.25) is 18.6 Å². The summed E-state index contributed by atoms with van der Waals surface area (Å²) in [6, 6.07) is 23.3. The van der Waals surface area contributed by atoms with Gasteiger partial charge in [-0.05, 0) is 54.4 Å². The van der Waals surface area contributed by atoms with Gasteiger partial charge in [-0.15, -0.1) is 0 Å². The molecule has 0 bridgehead atoms. The minimum absolute atomic E-state index is 0.0269. The Kier molecular flexibility index (Phi) is 7.13. The molecule has 0 aliphatic carbocycles. The first-order valence-electron chi connectivity index (χ1n) is 13.4. The number of hydrogen-bond acceptors (Lipinski definition) is 5. The van der Waals surface area contributed by atoms with Crippen molar-refractivity contribution >= 4 is 42.6 Å². The molecule has 3 aromatic rings. The Hall–Kier alpha value is -3.46. The van der Waals surface area contributed by atoms with E-state index in [0.29, 0.717) is 12.1 Å². The predicted molar refractivity (Wildman–Crippen MR) is 156 cm³/mol. The lowest BCUT2D eigenvalue weighted by Gasteiger charge is -2.37. The van der Waals surface area contributed by atoms with Gasteiger partial charge >= 0.3 is 0 Å². The van der Waals surface area contributed by atoms with E-state index in [9.17, 15) is 14.7 Å². The zero-order valence-corrected chi connectivity index (χ0v) is 24.1. The van der Waals surface area contributed by atoms with E-state index in [4.69, 9.17) is 9.47 Å². The van der Waals surface area contributed by atoms with Gasteiger partial charge in [-0.3, -0.25) is 14.5 Å². The van der Waals surface area contributed by atoms with Gasteiger partial charge in [0.25, 0.3) is 5.91 Å². The van der Waals surface area contributed by atoms with Crippen LogP contribution in [0, 0.1) is 5.92 Å². The van der Waals surface area contributed by atoms with Gasteiger partial charge in [0, 0.05) is 36.5 Å². The molecule has 0 aromatic heterocycles. The molecule has 0 unspecified atom stereocenters. The Morgan fingerprint density at radius 1 is 1.08 bits per heavy atom. The summed E-state index contributed by atoms with van der Waals surface area (Å²) >= 11 is 0. The maximum absolute atomic E-state index is 14.1. The number of fused-ring (bicyclic) bond motifs is 2. The molecule has 39 heavy (non-hydrogen) atoms. The average molecular weight is 545 g/mol. The molecule has 2 amide bonds. The fraction of sp³-hybridized carbons (Fsp3) is 0.355. The monoisotopic (exact) mass is 544 g/mol. The fourth-order valence-electron chi connectivity index (χ4n) is 6.81. The zero-order valence-electron chi connectivity index (χ0n) is 23.1. The smallest absolute Gasteiger partial charge is 0.264 e. The van der Waals surface area contributed by atoms with Crippen molar-refractivity contribution in [2.75, 3.05) is 30.6 Å². The highest BCUT2D eigenvalue weighted by Gasteiger charge is 2.65. The molecule has 8 heteroatoms. The van der Waals surface area contributed by atoms with Crippen molar-refractivity contribution in [1.82, 2.24) is 0 Å². The Morgan fingerprint density at radius 2 is 1.77 bits per heavy atom. The van der Waals surface area contributed by atoms with Gasteiger partial charge < -0.3 is 19.5 Å². The first-order chi connectivity index (χ1) is 18.7. The van der Waals surface area contributed by atoms with Gasteiger partial charge in [0.1, 0.15) is 5.75 Å². The summed E-state index contributed by atoms with van der Waals surface area (Å²) in [5.41, 5.74) is 1.81. The van der Waals surface area contributed by atoms with Gasteiger partial charge in [-0.1, -0.05) is 55.5 Å². The summed E-state index contributed by atoms with van der Waals surface area (Å²) in [7, 11) is 1.20. The third-order valence-electron chi connectivity index (χ3n) is 8.78. The zero-order chi connectivity index (χ0) is 27.9. The molecule has 1 spiro atoms. The van der Waals surface area contributed by atoms with Gasteiger partial charge in [0.2, 0.25) is 6.41 Å². The number of rotatable bonds is 8. The number of anilines is 3. The number of carbonyl (C=O) groups excluding carboxylic acids is 2. The molecule has 4 atom stereocenters. The largest absolute Gasteiger partial charge is 0.497 e. The molecule has 204 valence electrons. The number of methoxy groups -OCH3 is 1. The number of aliphatic hydroxyl groups is 1. The molecule has 7 nitrogen and oxygen atoms in total. The lowest BCUT2D eigenvalue weighted by molar-refractivity contribution is -0.145. The lowest BCUT2D eigenvalue weighted by Crippen LogP contribution is -2.51. The summed E-state index contributed by atoms with van der Waals surface area (Å²) in [5.74, 6) is 0.532. The molecular formula is C31H36N2O5Si. The maximum atomic E-state index is 14.1. The number of para-hydroxylation sites is 1. The number of hydrogen-bond donors (Lipinski definition) is 1. The second-order valence-electron chi connectivity index (χ2n) is 11.0. The van der Waals surface area contributed by atoms with Crippen LogP contribution in [0.5, 0.6) is 5.75 Å². The number of benzene rings is 3. The molecule has 0 saturated carbocycles. The Bertz CT molecular complexity index is 1360. The van der Waals surface area contributed by atoms with E-state index < -0.39 is 13.7 Å². The van der Waals surface area contributed by atoms with Gasteiger partial charge in [0.05, 0.1) is 27.0 Å². The van der Waals surface area contributed by atoms with Crippen LogP contribution in [0.25, 0.3) is 0 Å². The Balaban J connectivity index is 1.62. The minimum atomic E-state index is -2.24. The van der Waals surface area contributed by atoms with Crippen LogP contribution in [0.1, 0.15) is 18.9 Å². The molecule has 3 aromatic carbocycles. The maximum Gasteiger partial charge on any atom is 0.264 e. The van der Waals surface area contributed by atoms with Crippen molar-refractivity contribution in [3.8, 4) is 5.75 Å². The van der Waals surface area contributed by atoms with Crippen LogP contribution in [-0.4, -0.2) is 52.4 Å². The quantitative estimate of drug-likeness (QED) is 0.332. The van der Waals surface area contributed by atoms with Crippen LogP contribution in [0.4, 0.5) is 17.1 Å². The number of ether oxygens (including phenoxy) is 2. The summed E-state index contributed by atoms with van der Waals surface area (Å²) in [4.78, 5) is 29.6. The molecule has 5 rings (SSSR count). The molecule has 1 N–H and O–H groups in total. The highest BCUT2D eigenvalue weighted by atomic mass is 28.3. The molecule has 1 saturated heterocycles. The molecule has 2 aliphatic heterocycles. The standard InChI is InChI=1S/C31H36N2O5Si/c1-21-29(39(4,5)25-14-12-24(37-3)13-15-25)28(17-18-34)38-31(21)26-19-23(11-16-27(26)32(2)30(31)36)33(20-35)22-9-7-6-8-10-22/h6-16,19-21,28-29,34H,17-18H2,1-5H3/t21-,28+,29-,31+/m0/s1. The molecule has 1 fully saturated rings. The molecule has 2 heterocycles. The number of carbonyl (C=O) groups is 2. The number of aliphatic hydroxyl groups excluding tert-OH is 1. The van der Waals surface area contributed by atoms with E-state index in [1.165, 1.54) is 5.19 Å². The normalized spacial score (nSPS) is 24.2. The van der Waals surface area contributed by atoms with Crippen LogP contribution in [-0.2, 0) is 19.9 Å². The second kappa shape index (κ2) is 10.3. The SMILES string of the molecule is COc1ccc([Si](C)(C)[C@@H]2[C@@H](CCO)O[C@]3(C(=O)N(C)c4ccc(N(C=O)c5ccccc5)cc43)[C@H]2C)cc1. The summed E-state index contributed by atoms with van der Waals surface area (Å²) in [6.45, 7) is 6.71. The topological polar surface area (TPSA) is 79.3 Å². The van der Waals surface area contributed by atoms with Gasteiger partial charge in [-0.2, -0.15) is 0 Å². The second-order valence-corrected chi connectivity index (χ2v) is 15.7. The van der Waals surface area contributed by atoms with Crippen molar-refractivity contribution < 1.29 is 24.2 Å². The molecular weight excluding hydrogens is 508 g/mol. The summed E-state index contributed by atoms with van der Waals surface area (Å²) in [5, 5.41) is 11.3. The predicted octanol–water partition coefficient (Wildman–Crippen LogP) is 4.56. The average Bonchev–Trinajstić information content (AvgIpc) is 3.36. The van der Waals surface area contributed by atoms with E-state index in [1.807, 2.05) is 60.7 Å². The molecule has 2 aliphatic rings. The highest BCUT2D eigenvalue weighted by Crippen LogP contribution is 2.60. The molecule has 0 radical (unpaired) electrons. The highest BCUT2D eigenvalue weighted by molar-refractivity contribution is 6.91. The number of amides is 2. The van der Waals surface area contributed by atoms with E-state index in [-0.39, 0.29) is 30.1 Å². The first kappa shape index (κ1) is 27.1. The van der Waals surface area contributed by atoms with E-state index in [0.717, 1.165) is 29.1 Å². The van der Waals surface area contributed by atoms with Crippen molar-refractivity contribution in [3.05, 3.63) is 78.4 Å². The van der Waals surface area contributed by atoms with E-state index in [2.05, 4.69) is 32.2 Å². The van der Waals surface area contributed by atoms with Crippen molar-refractivity contribution in [2.24, 2.45) is 5.92 Å². The third-order valence-corrected chi connectivity index (χ3v) is 13.1. The first-order valence-corrected chi connectivity index (χ1v) is 16.4. The summed E-state index contributed by atoms with van der Waals surface area (Å²) in [6.07, 6.45) is 0.942. The minimum Gasteiger partial charge on any atom is -0.497 e. The van der Waals surface area contributed by atoms with E-state index >= 15 is 0 Å². The Morgan fingerprint density at radius 3 is 2.38 bits per heavy atom. The summed E-state index contributed by atoms with van der Waals surface area (Å²) < 4.78 is 12.2. The fourth-order valence-corrected chi connectivity index (χ4v) is 10.9. The van der Waals surface area contributed by atoms with Gasteiger partial charge in [0.15, 0.2) is 5.60 Å². The van der Waals surface area contributed by atoms with Gasteiger partial charge in [-0.25, -0.2) is 0 Å².